The van der Waals surface area contributed by atoms with Gasteiger partial charge in [-0.05, 0) is 24.6 Å². The number of hydrogen-bond donors (Lipinski definition) is 1. The molecule has 31 heavy (non-hydrogen) atoms. The van der Waals surface area contributed by atoms with Gasteiger partial charge in [-0.1, -0.05) is 16.8 Å². The molecule has 0 radical (unpaired) electrons. The second-order valence-electron chi connectivity index (χ2n) is 7.34. The quantitative estimate of drug-likeness (QED) is 0.713. The van der Waals surface area contributed by atoms with Crippen molar-refractivity contribution in [2.75, 3.05) is 32.8 Å². The Hall–Kier alpha value is -2.37. The van der Waals surface area contributed by atoms with Crippen molar-refractivity contribution in [2.45, 2.75) is 25.5 Å². The number of aromatic nitrogens is 3. The van der Waals surface area contributed by atoms with Crippen molar-refractivity contribution in [2.24, 2.45) is 7.05 Å². The van der Waals surface area contributed by atoms with Crippen LogP contribution in [0.3, 0.4) is 0 Å². The molecule has 2 aliphatic heterocycles. The van der Waals surface area contributed by atoms with Crippen molar-refractivity contribution in [1.29, 1.82) is 0 Å². The van der Waals surface area contributed by atoms with Crippen LogP contribution in [0.4, 0.5) is 13.2 Å². The SMILES string of the molecule is Cn1nnc(COc2c(F)cc(Cl)c3c2[C@@H](CN2CCOCC2=O)NCC3)c1C(F)F. The predicted molar refractivity (Wildman–Crippen MR) is 104 cm³/mol. The van der Waals surface area contributed by atoms with Gasteiger partial charge in [0.2, 0.25) is 5.91 Å². The van der Waals surface area contributed by atoms with Crippen LogP contribution in [0.2, 0.25) is 5.02 Å². The number of carbonyl (C=O) groups is 1. The molecule has 1 N–H and O–H groups in total. The highest BCUT2D eigenvalue weighted by Gasteiger charge is 2.32. The second-order valence-corrected chi connectivity index (χ2v) is 7.75. The molecule has 8 nitrogen and oxygen atoms in total. The zero-order chi connectivity index (χ0) is 22.1. The highest BCUT2D eigenvalue weighted by atomic mass is 35.5. The van der Waals surface area contributed by atoms with E-state index in [-0.39, 0.29) is 42.1 Å². The molecule has 1 atom stereocenters. The fourth-order valence-corrected chi connectivity index (χ4v) is 4.23. The Morgan fingerprint density at radius 1 is 1.45 bits per heavy atom. The molecule has 0 saturated carbocycles. The number of carbonyl (C=O) groups excluding carboxylic acids is 1. The Kier molecular flexibility index (Phi) is 6.35. The number of morpholine rings is 1. The third kappa shape index (κ3) is 4.35. The van der Waals surface area contributed by atoms with Gasteiger partial charge in [0.25, 0.3) is 6.43 Å². The fraction of sp³-hybridized carbons (Fsp3) is 0.526. The lowest BCUT2D eigenvalue weighted by Gasteiger charge is -2.35. The summed E-state index contributed by atoms with van der Waals surface area (Å²) in [6, 6.07) is 0.716. The number of fused-ring (bicyclic) bond motifs is 1. The van der Waals surface area contributed by atoms with Gasteiger partial charge in [-0.2, -0.15) is 0 Å². The molecule has 3 heterocycles. The Morgan fingerprint density at radius 3 is 3.00 bits per heavy atom. The molecule has 1 aromatic heterocycles. The fourth-order valence-electron chi connectivity index (χ4n) is 3.94. The van der Waals surface area contributed by atoms with E-state index in [0.717, 1.165) is 10.7 Å². The van der Waals surface area contributed by atoms with Gasteiger partial charge in [0.15, 0.2) is 11.6 Å². The van der Waals surface area contributed by atoms with Crippen LogP contribution in [-0.2, 0) is 29.6 Å². The first-order chi connectivity index (χ1) is 14.9. The first-order valence-electron chi connectivity index (χ1n) is 9.76. The summed E-state index contributed by atoms with van der Waals surface area (Å²) in [5.41, 5.74) is 0.717. The van der Waals surface area contributed by atoms with Crippen molar-refractivity contribution in [3.05, 3.63) is 39.4 Å². The number of ether oxygens (including phenoxy) is 2. The maximum Gasteiger partial charge on any atom is 0.282 e. The van der Waals surface area contributed by atoms with Crippen LogP contribution in [0.1, 0.15) is 35.0 Å². The third-order valence-corrected chi connectivity index (χ3v) is 5.77. The lowest BCUT2D eigenvalue weighted by molar-refractivity contribution is -0.143. The number of benzene rings is 1. The van der Waals surface area contributed by atoms with Crippen molar-refractivity contribution >= 4 is 17.5 Å². The first kappa shape index (κ1) is 21.8. The zero-order valence-electron chi connectivity index (χ0n) is 16.7. The molecule has 0 aliphatic carbocycles. The lowest BCUT2D eigenvalue weighted by Crippen LogP contribution is -2.47. The van der Waals surface area contributed by atoms with Gasteiger partial charge in [-0.3, -0.25) is 4.79 Å². The van der Waals surface area contributed by atoms with Gasteiger partial charge in [-0.25, -0.2) is 17.9 Å². The number of halogens is 4. The van der Waals surface area contributed by atoms with E-state index in [2.05, 4.69) is 15.6 Å². The van der Waals surface area contributed by atoms with Crippen LogP contribution in [0, 0.1) is 5.82 Å². The molecule has 168 valence electrons. The lowest BCUT2D eigenvalue weighted by atomic mass is 9.92. The van der Waals surface area contributed by atoms with Crippen LogP contribution in [-0.4, -0.2) is 58.6 Å². The smallest absolute Gasteiger partial charge is 0.282 e. The van der Waals surface area contributed by atoms with Crippen LogP contribution in [0.15, 0.2) is 6.07 Å². The topological polar surface area (TPSA) is 81.5 Å². The summed E-state index contributed by atoms with van der Waals surface area (Å²) < 4.78 is 53.3. The van der Waals surface area contributed by atoms with Crippen molar-refractivity contribution in [3.63, 3.8) is 0 Å². The molecule has 1 aromatic carbocycles. The van der Waals surface area contributed by atoms with E-state index in [1.807, 2.05) is 0 Å². The molecule has 1 amide bonds. The number of alkyl halides is 2. The average Bonchev–Trinajstić information content (AvgIpc) is 3.10. The molecule has 2 aromatic rings. The van der Waals surface area contributed by atoms with Gasteiger partial charge >= 0.3 is 0 Å². The molecule has 0 bridgehead atoms. The van der Waals surface area contributed by atoms with Gasteiger partial charge in [0.1, 0.15) is 24.6 Å². The Morgan fingerprint density at radius 2 is 2.26 bits per heavy atom. The van der Waals surface area contributed by atoms with E-state index < -0.39 is 24.0 Å². The van der Waals surface area contributed by atoms with Crippen LogP contribution in [0.25, 0.3) is 0 Å². The maximum atomic E-state index is 14.9. The number of nitrogens with one attached hydrogen (secondary N) is 1. The number of hydrogen-bond acceptors (Lipinski definition) is 6. The number of rotatable bonds is 6. The summed E-state index contributed by atoms with van der Waals surface area (Å²) >= 11 is 6.29. The summed E-state index contributed by atoms with van der Waals surface area (Å²) in [6.07, 6.45) is -2.27. The Balaban J connectivity index is 1.65. The molecule has 0 unspecified atom stereocenters. The van der Waals surface area contributed by atoms with Crippen LogP contribution >= 0.6 is 11.6 Å². The summed E-state index contributed by atoms with van der Waals surface area (Å²) in [6.45, 7) is 1.31. The largest absolute Gasteiger partial charge is 0.484 e. The van der Waals surface area contributed by atoms with Gasteiger partial charge in [0.05, 0.1) is 12.6 Å². The minimum Gasteiger partial charge on any atom is -0.484 e. The average molecular weight is 460 g/mol. The normalized spacial score (nSPS) is 19.1. The summed E-state index contributed by atoms with van der Waals surface area (Å²) in [4.78, 5) is 13.8. The minimum absolute atomic E-state index is 0.00404. The van der Waals surface area contributed by atoms with Gasteiger partial charge in [-0.15, -0.1) is 5.10 Å². The minimum atomic E-state index is -2.80. The van der Waals surface area contributed by atoms with E-state index in [1.165, 1.54) is 7.05 Å². The summed E-state index contributed by atoms with van der Waals surface area (Å²) in [7, 11) is 1.35. The molecule has 0 spiro atoms. The molecule has 2 aliphatic rings. The van der Waals surface area contributed by atoms with Crippen molar-refractivity contribution in [3.8, 4) is 5.75 Å². The molecule has 1 saturated heterocycles. The van der Waals surface area contributed by atoms with E-state index in [4.69, 9.17) is 21.1 Å². The number of nitrogens with zero attached hydrogens (tertiary/aromatic N) is 4. The van der Waals surface area contributed by atoms with Crippen molar-refractivity contribution in [1.82, 2.24) is 25.2 Å². The molecule has 1 fully saturated rings. The zero-order valence-corrected chi connectivity index (χ0v) is 17.5. The monoisotopic (exact) mass is 459 g/mol. The van der Waals surface area contributed by atoms with Crippen LogP contribution < -0.4 is 10.1 Å². The third-order valence-electron chi connectivity index (χ3n) is 5.43. The van der Waals surface area contributed by atoms with E-state index in [0.29, 0.717) is 37.2 Å². The van der Waals surface area contributed by atoms with Gasteiger partial charge < -0.3 is 19.7 Å². The van der Waals surface area contributed by atoms with E-state index in [9.17, 15) is 18.0 Å². The highest BCUT2D eigenvalue weighted by Crippen LogP contribution is 2.39. The number of aryl methyl sites for hydroxylation is 1. The van der Waals surface area contributed by atoms with Crippen LogP contribution in [0.5, 0.6) is 5.75 Å². The second kappa shape index (κ2) is 9.01. The standard InChI is InChI=1S/C19H21ClF3N5O3/c1-27-17(19(22)23)14(25-26-27)8-31-18-12(21)6-11(20)10-2-3-24-13(16(10)18)7-28-4-5-30-9-15(28)29/h6,13,19,24H,2-5,7-9H2,1H3/t13-/m1/s1. The summed E-state index contributed by atoms with van der Waals surface area (Å²) in [5.74, 6) is -0.970. The van der Waals surface area contributed by atoms with Crippen molar-refractivity contribution < 1.29 is 27.4 Å². The maximum absolute atomic E-state index is 14.9. The predicted octanol–water partition coefficient (Wildman–Crippen LogP) is 2.17. The van der Waals surface area contributed by atoms with Gasteiger partial charge in [0, 0.05) is 30.7 Å². The molecular weight excluding hydrogens is 439 g/mol. The molecule has 12 heteroatoms. The Bertz CT molecular complexity index is 987. The molecular formula is C19H21ClF3N5O3. The van der Waals surface area contributed by atoms with E-state index >= 15 is 0 Å². The Labute approximate surface area is 181 Å². The molecule has 4 rings (SSSR count). The number of amides is 1. The highest BCUT2D eigenvalue weighted by molar-refractivity contribution is 6.31. The van der Waals surface area contributed by atoms with E-state index in [1.54, 1.807) is 4.90 Å². The first-order valence-corrected chi connectivity index (χ1v) is 10.1. The summed E-state index contributed by atoms with van der Waals surface area (Å²) in [5, 5.41) is 10.8.